The van der Waals surface area contributed by atoms with E-state index in [1.807, 2.05) is 0 Å². The van der Waals surface area contributed by atoms with Gasteiger partial charge in [0.15, 0.2) is 0 Å². The van der Waals surface area contributed by atoms with Gasteiger partial charge in [0.25, 0.3) is 17.4 Å². The van der Waals surface area contributed by atoms with Gasteiger partial charge in [-0.1, -0.05) is 23.7 Å². The largest absolute Gasteiger partial charge is 0.490 e. The standard InChI is InChI=1S/C30H36ClF3N4O4/c1-36(2)27(39)24-9-10-25(35-26(24)31)38-13-11-18(12-14-38)19-15-21(16-19)37(3)28(40)29(41,30(32,33)34)20-5-4-6-23(17-20)42-22-7-8-22/h4-6,9-10,17-19,21-22,41H,7-8,11-16H2,1-3H3. The second-order valence-corrected chi connectivity index (χ2v) is 12.2. The molecule has 2 aliphatic carbocycles. The Bertz CT molecular complexity index is 1320. The number of halogens is 4. The Hall–Kier alpha value is -3.05. The molecule has 228 valence electrons. The molecule has 5 rings (SSSR count). The molecule has 0 bridgehead atoms. The second kappa shape index (κ2) is 11.6. The lowest BCUT2D eigenvalue weighted by atomic mass is 9.68. The lowest BCUT2D eigenvalue weighted by molar-refractivity contribution is -0.263. The molecule has 0 spiro atoms. The maximum Gasteiger partial charge on any atom is 0.430 e. The van der Waals surface area contributed by atoms with Gasteiger partial charge in [0, 0.05) is 45.8 Å². The van der Waals surface area contributed by atoms with Crippen LogP contribution in [0, 0.1) is 11.8 Å². The Morgan fingerprint density at radius 3 is 2.26 bits per heavy atom. The fourth-order valence-corrected chi connectivity index (χ4v) is 6.16. The highest BCUT2D eigenvalue weighted by molar-refractivity contribution is 6.32. The van der Waals surface area contributed by atoms with Crippen LogP contribution in [0.1, 0.15) is 54.4 Å². The zero-order chi connectivity index (χ0) is 30.4. The molecule has 8 nitrogen and oxygen atoms in total. The summed E-state index contributed by atoms with van der Waals surface area (Å²) >= 11 is 6.29. The zero-order valence-electron chi connectivity index (χ0n) is 23.9. The highest BCUT2D eigenvalue weighted by atomic mass is 35.5. The van der Waals surface area contributed by atoms with E-state index in [4.69, 9.17) is 16.3 Å². The number of piperidine rings is 1. The van der Waals surface area contributed by atoms with Gasteiger partial charge in [-0.25, -0.2) is 4.98 Å². The molecular formula is C30H36ClF3N4O4. The minimum Gasteiger partial charge on any atom is -0.490 e. The first-order valence-corrected chi connectivity index (χ1v) is 14.6. The first kappa shape index (κ1) is 30.4. The lowest BCUT2D eigenvalue weighted by Crippen LogP contribution is -2.59. The van der Waals surface area contributed by atoms with Crippen molar-refractivity contribution in [3.63, 3.8) is 0 Å². The Morgan fingerprint density at radius 2 is 1.69 bits per heavy atom. The lowest BCUT2D eigenvalue weighted by Gasteiger charge is -2.48. The Kier molecular flexibility index (Phi) is 8.37. The quantitative estimate of drug-likeness (QED) is 0.430. The number of hydrogen-bond donors (Lipinski definition) is 1. The number of amides is 2. The van der Waals surface area contributed by atoms with Crippen LogP contribution in [0.5, 0.6) is 5.75 Å². The van der Waals surface area contributed by atoms with Crippen LogP contribution < -0.4 is 9.64 Å². The molecule has 3 fully saturated rings. The molecule has 1 atom stereocenters. The predicted molar refractivity (Wildman–Crippen MR) is 152 cm³/mol. The van der Waals surface area contributed by atoms with Crippen molar-refractivity contribution in [1.82, 2.24) is 14.8 Å². The van der Waals surface area contributed by atoms with Gasteiger partial charge in [0.2, 0.25) is 0 Å². The van der Waals surface area contributed by atoms with Gasteiger partial charge in [-0.3, -0.25) is 9.59 Å². The first-order valence-electron chi connectivity index (χ1n) is 14.3. The molecule has 1 aliphatic heterocycles. The van der Waals surface area contributed by atoms with Crippen LogP contribution in [0.3, 0.4) is 0 Å². The van der Waals surface area contributed by atoms with Crippen molar-refractivity contribution in [3.05, 3.63) is 52.7 Å². The predicted octanol–water partition coefficient (Wildman–Crippen LogP) is 4.88. The van der Waals surface area contributed by atoms with E-state index < -0.39 is 23.2 Å². The number of aliphatic hydroxyl groups is 1. The van der Waals surface area contributed by atoms with E-state index in [1.54, 1.807) is 26.2 Å². The molecule has 1 aromatic carbocycles. The van der Waals surface area contributed by atoms with Crippen LogP contribution in [0.2, 0.25) is 5.15 Å². The smallest absolute Gasteiger partial charge is 0.430 e. The van der Waals surface area contributed by atoms with Crippen LogP contribution in [-0.2, 0) is 10.4 Å². The molecule has 2 heterocycles. The van der Waals surface area contributed by atoms with Crippen molar-refractivity contribution in [2.45, 2.75) is 62.4 Å². The average Bonchev–Trinajstić information content (AvgIpc) is 3.74. The van der Waals surface area contributed by atoms with E-state index in [9.17, 15) is 27.9 Å². The van der Waals surface area contributed by atoms with Gasteiger partial charge in [-0.15, -0.1) is 0 Å². The summed E-state index contributed by atoms with van der Waals surface area (Å²) in [6.07, 6.45) is -0.691. The summed E-state index contributed by atoms with van der Waals surface area (Å²) in [6.45, 7) is 1.47. The van der Waals surface area contributed by atoms with Crippen molar-refractivity contribution in [2.24, 2.45) is 11.8 Å². The van der Waals surface area contributed by atoms with Crippen LogP contribution in [0.4, 0.5) is 19.0 Å². The number of nitrogens with zero attached hydrogens (tertiary/aromatic N) is 4. The van der Waals surface area contributed by atoms with Crippen molar-refractivity contribution in [1.29, 1.82) is 0 Å². The fourth-order valence-electron chi connectivity index (χ4n) is 5.93. The number of benzene rings is 1. The minimum absolute atomic E-state index is 0.0373. The van der Waals surface area contributed by atoms with Crippen molar-refractivity contribution in [3.8, 4) is 5.75 Å². The third-order valence-electron chi connectivity index (χ3n) is 8.82. The number of anilines is 1. The van der Waals surface area contributed by atoms with Crippen LogP contribution >= 0.6 is 11.6 Å². The molecule has 12 heteroatoms. The van der Waals surface area contributed by atoms with E-state index in [-0.39, 0.29) is 34.9 Å². The molecule has 2 amide bonds. The maximum atomic E-state index is 14.3. The number of pyridine rings is 1. The van der Waals surface area contributed by atoms with E-state index in [0.29, 0.717) is 30.1 Å². The number of hydrogen-bond acceptors (Lipinski definition) is 6. The van der Waals surface area contributed by atoms with E-state index in [0.717, 1.165) is 55.8 Å². The summed E-state index contributed by atoms with van der Waals surface area (Å²) in [7, 11) is 4.64. The molecule has 1 aromatic heterocycles. The summed E-state index contributed by atoms with van der Waals surface area (Å²) in [5.74, 6) is -0.0501. The third kappa shape index (κ3) is 5.90. The van der Waals surface area contributed by atoms with Crippen LogP contribution in [-0.4, -0.2) is 84.3 Å². The van der Waals surface area contributed by atoms with Gasteiger partial charge in [0.05, 0.1) is 11.7 Å². The van der Waals surface area contributed by atoms with Gasteiger partial charge in [0.1, 0.15) is 16.7 Å². The number of alkyl halides is 3. The Balaban J connectivity index is 1.18. The summed E-state index contributed by atoms with van der Waals surface area (Å²) < 4.78 is 48.5. The van der Waals surface area contributed by atoms with Gasteiger partial charge < -0.3 is 24.5 Å². The summed E-state index contributed by atoms with van der Waals surface area (Å²) in [6, 6.07) is 8.21. The highest BCUT2D eigenvalue weighted by Gasteiger charge is 2.62. The molecule has 0 radical (unpaired) electrons. The highest BCUT2D eigenvalue weighted by Crippen LogP contribution is 2.46. The van der Waals surface area contributed by atoms with Crippen molar-refractivity contribution < 1.29 is 32.6 Å². The van der Waals surface area contributed by atoms with Crippen LogP contribution in [0.25, 0.3) is 0 Å². The SMILES string of the molecule is CN(C)C(=O)c1ccc(N2CCC(C3CC(N(C)C(=O)C(O)(c4cccc(OC5CC5)c4)C(F)(F)F)C3)CC2)nc1Cl. The summed E-state index contributed by atoms with van der Waals surface area (Å²) in [5, 5.41) is 11.1. The average molecular weight is 609 g/mol. The minimum atomic E-state index is -5.21. The maximum absolute atomic E-state index is 14.3. The van der Waals surface area contributed by atoms with Crippen molar-refractivity contribution >= 4 is 29.2 Å². The van der Waals surface area contributed by atoms with Gasteiger partial charge in [-0.05, 0) is 74.6 Å². The van der Waals surface area contributed by atoms with E-state index >= 15 is 0 Å². The van der Waals surface area contributed by atoms with Crippen LogP contribution in [0.15, 0.2) is 36.4 Å². The second-order valence-electron chi connectivity index (χ2n) is 11.9. The Morgan fingerprint density at radius 1 is 1.02 bits per heavy atom. The zero-order valence-corrected chi connectivity index (χ0v) is 24.7. The number of aromatic nitrogens is 1. The van der Waals surface area contributed by atoms with E-state index in [2.05, 4.69) is 9.88 Å². The molecule has 1 unspecified atom stereocenters. The number of carbonyl (C=O) groups excluding carboxylic acids is 2. The fraction of sp³-hybridized carbons (Fsp3) is 0.567. The Labute approximate surface area is 248 Å². The topological polar surface area (TPSA) is 86.2 Å². The first-order chi connectivity index (χ1) is 19.8. The monoisotopic (exact) mass is 608 g/mol. The van der Waals surface area contributed by atoms with E-state index in [1.165, 1.54) is 24.1 Å². The molecule has 1 N–H and O–H groups in total. The van der Waals surface area contributed by atoms with Gasteiger partial charge in [-0.2, -0.15) is 13.2 Å². The normalized spacial score (nSPS) is 22.6. The number of rotatable bonds is 8. The van der Waals surface area contributed by atoms with Crippen molar-refractivity contribution in [2.75, 3.05) is 39.1 Å². The molecule has 1 saturated heterocycles. The molecule has 3 aliphatic rings. The molecular weight excluding hydrogens is 573 g/mol. The van der Waals surface area contributed by atoms with Gasteiger partial charge >= 0.3 is 6.18 Å². The number of ether oxygens (including phenoxy) is 1. The molecule has 2 saturated carbocycles. The number of carbonyl (C=O) groups is 2. The number of likely N-dealkylation sites (N-methyl/N-ethyl adjacent to an activating group) is 1. The molecule has 2 aromatic rings. The molecule has 42 heavy (non-hydrogen) atoms. The summed E-state index contributed by atoms with van der Waals surface area (Å²) in [4.78, 5) is 34.6. The summed E-state index contributed by atoms with van der Waals surface area (Å²) in [5.41, 5.74) is -3.86. The third-order valence-corrected chi connectivity index (χ3v) is 9.11.